The molecule has 3 rings (SSSR count). The molecule has 0 aliphatic carbocycles. The predicted octanol–water partition coefficient (Wildman–Crippen LogP) is 0.889. The number of hydrogen-bond acceptors (Lipinski definition) is 6. The summed E-state index contributed by atoms with van der Waals surface area (Å²) >= 11 is 0. The van der Waals surface area contributed by atoms with Crippen LogP contribution in [0.2, 0.25) is 0 Å². The Morgan fingerprint density at radius 3 is 2.68 bits per heavy atom. The van der Waals surface area contributed by atoms with Gasteiger partial charge in [-0.3, -0.25) is 9.78 Å². The van der Waals surface area contributed by atoms with Gasteiger partial charge in [0.15, 0.2) is 0 Å². The van der Waals surface area contributed by atoms with Crippen molar-refractivity contribution in [1.29, 1.82) is 0 Å². The van der Waals surface area contributed by atoms with Gasteiger partial charge in [-0.2, -0.15) is 4.31 Å². The molecule has 2 heterocycles. The number of nitrogens with one attached hydrogen (secondary N) is 1. The average molecular weight is 366 g/mol. The van der Waals surface area contributed by atoms with Gasteiger partial charge in [0.1, 0.15) is 16.4 Å². The monoisotopic (exact) mass is 366 g/mol. The van der Waals surface area contributed by atoms with Crippen molar-refractivity contribution >= 4 is 21.6 Å². The second-order valence-electron chi connectivity index (χ2n) is 5.21. The van der Waals surface area contributed by atoms with Crippen molar-refractivity contribution in [2.24, 2.45) is 0 Å². The maximum absolute atomic E-state index is 14.1. The minimum atomic E-state index is -4.02. The molecule has 10 heteroatoms. The summed E-state index contributed by atoms with van der Waals surface area (Å²) in [5.41, 5.74) is 0.202. The highest BCUT2D eigenvalue weighted by atomic mass is 32.2. The first-order valence-corrected chi connectivity index (χ1v) is 8.87. The lowest BCUT2D eigenvalue weighted by Gasteiger charge is -2.26. The fraction of sp³-hybridized carbons (Fsp3) is 0.267. The number of nitrogens with zero attached hydrogens (tertiary/aromatic N) is 3. The van der Waals surface area contributed by atoms with Crippen LogP contribution in [0.15, 0.2) is 41.7 Å². The molecule has 25 heavy (non-hydrogen) atoms. The third-order valence-electron chi connectivity index (χ3n) is 3.57. The Balaban J connectivity index is 1.86. The lowest BCUT2D eigenvalue weighted by molar-refractivity contribution is 0.0729. The second kappa shape index (κ2) is 7.21. The smallest absolute Gasteiger partial charge is 0.275 e. The number of morpholine rings is 1. The first kappa shape index (κ1) is 17.4. The molecule has 132 valence electrons. The maximum Gasteiger partial charge on any atom is 0.275 e. The van der Waals surface area contributed by atoms with Crippen molar-refractivity contribution in [2.45, 2.75) is 4.90 Å². The number of rotatable bonds is 4. The van der Waals surface area contributed by atoms with Gasteiger partial charge in [-0.1, -0.05) is 0 Å². The highest BCUT2D eigenvalue weighted by molar-refractivity contribution is 7.89. The van der Waals surface area contributed by atoms with Gasteiger partial charge in [0.25, 0.3) is 5.91 Å². The molecule has 0 unspecified atom stereocenters. The van der Waals surface area contributed by atoms with E-state index in [0.29, 0.717) is 0 Å². The van der Waals surface area contributed by atoms with Crippen LogP contribution in [0.5, 0.6) is 0 Å². The molecule has 0 atom stereocenters. The Kier molecular flexibility index (Phi) is 5.02. The van der Waals surface area contributed by atoms with Crippen molar-refractivity contribution in [3.05, 3.63) is 48.3 Å². The summed E-state index contributed by atoms with van der Waals surface area (Å²) in [5, 5.41) is 2.49. The molecule has 1 fully saturated rings. The molecule has 1 saturated heterocycles. The Hall–Kier alpha value is -2.43. The van der Waals surface area contributed by atoms with Crippen LogP contribution in [0.3, 0.4) is 0 Å². The van der Waals surface area contributed by atoms with Crippen LogP contribution < -0.4 is 5.32 Å². The van der Waals surface area contributed by atoms with Crippen molar-refractivity contribution in [3.8, 4) is 0 Å². The normalized spacial score (nSPS) is 15.7. The van der Waals surface area contributed by atoms with Crippen molar-refractivity contribution < 1.29 is 22.3 Å². The molecule has 1 aliphatic heterocycles. The van der Waals surface area contributed by atoms with E-state index in [4.69, 9.17) is 4.74 Å². The largest absolute Gasteiger partial charge is 0.379 e. The van der Waals surface area contributed by atoms with Crippen molar-refractivity contribution in [2.75, 3.05) is 31.6 Å². The first-order valence-electron chi connectivity index (χ1n) is 7.43. The zero-order valence-electron chi connectivity index (χ0n) is 13.1. The Bertz CT molecular complexity index is 870. The number of sulfonamides is 1. The number of hydrogen-bond donors (Lipinski definition) is 1. The number of carbonyl (C=O) groups is 1. The van der Waals surface area contributed by atoms with Crippen LogP contribution in [0.1, 0.15) is 10.5 Å². The predicted molar refractivity (Wildman–Crippen MR) is 86.0 cm³/mol. The molecule has 1 amide bonds. The minimum Gasteiger partial charge on any atom is -0.379 e. The van der Waals surface area contributed by atoms with Crippen LogP contribution in [0.4, 0.5) is 10.1 Å². The Morgan fingerprint density at radius 1 is 1.24 bits per heavy atom. The van der Waals surface area contributed by atoms with Crippen LogP contribution >= 0.6 is 0 Å². The zero-order chi connectivity index (χ0) is 17.9. The van der Waals surface area contributed by atoms with Gasteiger partial charge < -0.3 is 10.1 Å². The third-order valence-corrected chi connectivity index (χ3v) is 5.49. The Morgan fingerprint density at radius 2 is 2.00 bits per heavy atom. The summed E-state index contributed by atoms with van der Waals surface area (Å²) in [4.78, 5) is 19.2. The van der Waals surface area contributed by atoms with Gasteiger partial charge in [-0.25, -0.2) is 17.8 Å². The van der Waals surface area contributed by atoms with Crippen LogP contribution in [-0.2, 0) is 14.8 Å². The second-order valence-corrected chi connectivity index (χ2v) is 7.11. The summed E-state index contributed by atoms with van der Waals surface area (Å²) in [6.07, 6.45) is 4.04. The number of anilines is 1. The summed E-state index contributed by atoms with van der Waals surface area (Å²) in [5.74, 6) is -1.46. The third kappa shape index (κ3) is 3.81. The van der Waals surface area contributed by atoms with E-state index >= 15 is 0 Å². The van der Waals surface area contributed by atoms with E-state index in [1.165, 1.54) is 24.7 Å². The fourth-order valence-corrected chi connectivity index (χ4v) is 3.81. The van der Waals surface area contributed by atoms with Crippen LogP contribution in [-0.4, -0.2) is 54.9 Å². The molecule has 1 aliphatic rings. The molecule has 0 bridgehead atoms. The van der Waals surface area contributed by atoms with E-state index in [9.17, 15) is 17.6 Å². The van der Waals surface area contributed by atoms with Gasteiger partial charge in [-0.05, 0) is 18.2 Å². The fourth-order valence-electron chi connectivity index (χ4n) is 2.32. The standard InChI is InChI=1S/C15H15FN4O4S/c16-12-2-1-11(19-15(21)13-10-17-3-4-18-13)9-14(12)25(22,23)20-5-7-24-8-6-20/h1-4,9-10H,5-8H2,(H,19,21). The van der Waals surface area contributed by atoms with Gasteiger partial charge in [-0.15, -0.1) is 0 Å². The molecular formula is C15H15FN4O4S. The van der Waals surface area contributed by atoms with Gasteiger partial charge in [0, 0.05) is 31.2 Å². The molecular weight excluding hydrogens is 351 g/mol. The van der Waals surface area contributed by atoms with E-state index < -0.39 is 26.6 Å². The number of carbonyl (C=O) groups excluding carboxylic acids is 1. The summed E-state index contributed by atoms with van der Waals surface area (Å²) in [6, 6.07) is 3.37. The number of aromatic nitrogens is 2. The van der Waals surface area contributed by atoms with Crippen molar-refractivity contribution in [3.63, 3.8) is 0 Å². The SMILES string of the molecule is O=C(Nc1ccc(F)c(S(=O)(=O)N2CCOCC2)c1)c1cnccn1. The number of halogens is 1. The molecule has 0 saturated carbocycles. The highest BCUT2D eigenvalue weighted by Crippen LogP contribution is 2.24. The van der Waals surface area contributed by atoms with E-state index in [1.807, 2.05) is 0 Å². The van der Waals surface area contributed by atoms with E-state index in [-0.39, 0.29) is 37.7 Å². The molecule has 1 aromatic heterocycles. The average Bonchev–Trinajstić information content (AvgIpc) is 2.64. The van der Waals surface area contributed by atoms with E-state index in [2.05, 4.69) is 15.3 Å². The van der Waals surface area contributed by atoms with E-state index in [1.54, 1.807) is 0 Å². The zero-order valence-corrected chi connectivity index (χ0v) is 13.9. The Labute approximate surface area is 143 Å². The van der Waals surface area contributed by atoms with Crippen LogP contribution in [0, 0.1) is 5.82 Å². The number of ether oxygens (including phenoxy) is 1. The first-order chi connectivity index (χ1) is 12.0. The van der Waals surface area contributed by atoms with Crippen molar-refractivity contribution in [1.82, 2.24) is 14.3 Å². The topological polar surface area (TPSA) is 101 Å². The minimum absolute atomic E-state index is 0.0596. The molecule has 8 nitrogen and oxygen atoms in total. The lowest BCUT2D eigenvalue weighted by atomic mass is 10.3. The summed E-state index contributed by atoms with van der Waals surface area (Å²) in [6.45, 7) is 0.809. The molecule has 0 radical (unpaired) electrons. The van der Waals surface area contributed by atoms with Gasteiger partial charge >= 0.3 is 0 Å². The molecule has 0 spiro atoms. The molecule has 2 aromatic rings. The van der Waals surface area contributed by atoms with Gasteiger partial charge in [0.2, 0.25) is 10.0 Å². The van der Waals surface area contributed by atoms with E-state index in [0.717, 1.165) is 16.4 Å². The summed E-state index contributed by atoms with van der Waals surface area (Å²) in [7, 11) is -4.02. The quantitative estimate of drug-likeness (QED) is 0.862. The number of benzene rings is 1. The van der Waals surface area contributed by atoms with Gasteiger partial charge in [0.05, 0.1) is 19.4 Å². The summed E-state index contributed by atoms with van der Waals surface area (Å²) < 4.78 is 45.6. The highest BCUT2D eigenvalue weighted by Gasteiger charge is 2.29. The van der Waals surface area contributed by atoms with Crippen LogP contribution in [0.25, 0.3) is 0 Å². The lowest BCUT2D eigenvalue weighted by Crippen LogP contribution is -2.40. The molecule has 1 aromatic carbocycles. The maximum atomic E-state index is 14.1. The molecule has 1 N–H and O–H groups in total. The number of amides is 1.